The first kappa shape index (κ1) is 18.4. The number of aromatic nitrogens is 1. The fourth-order valence-electron chi connectivity index (χ4n) is 2.24. The molecule has 0 aliphatic rings. The van der Waals surface area contributed by atoms with E-state index in [1.165, 1.54) is 11.8 Å². The van der Waals surface area contributed by atoms with Gasteiger partial charge in [-0.15, -0.1) is 11.8 Å². The first-order valence-electron chi connectivity index (χ1n) is 7.86. The molecule has 3 aromatic rings. The summed E-state index contributed by atoms with van der Waals surface area (Å²) in [6.45, 7) is 0. The molecule has 26 heavy (non-hydrogen) atoms. The van der Waals surface area contributed by atoms with E-state index in [2.05, 4.69) is 10.3 Å². The molecular weight excluding hydrogens is 372 g/mol. The highest BCUT2D eigenvalue weighted by Gasteiger charge is 2.09. The smallest absolute Gasteiger partial charge is 0.234 e. The van der Waals surface area contributed by atoms with Gasteiger partial charge in [-0.3, -0.25) is 4.79 Å². The van der Waals surface area contributed by atoms with Gasteiger partial charge >= 0.3 is 0 Å². The average Bonchev–Trinajstić information content (AvgIpc) is 3.12. The molecule has 1 N–H and O–H groups in total. The lowest BCUT2D eigenvalue weighted by molar-refractivity contribution is -0.113. The molecule has 0 radical (unpaired) electrons. The van der Waals surface area contributed by atoms with E-state index in [1.807, 2.05) is 36.4 Å². The third kappa shape index (κ3) is 4.80. The number of rotatable bonds is 7. The lowest BCUT2D eigenvalue weighted by Gasteiger charge is -2.06. The maximum Gasteiger partial charge on any atom is 0.234 e. The minimum atomic E-state index is -0.109. The number of thioether (sulfide) groups is 1. The first-order valence-corrected chi connectivity index (χ1v) is 9.40. The number of methoxy groups -OCH3 is 1. The van der Waals surface area contributed by atoms with E-state index in [9.17, 15) is 4.79 Å². The molecule has 0 fully saturated rings. The van der Waals surface area contributed by atoms with Gasteiger partial charge in [0.05, 0.1) is 29.3 Å². The van der Waals surface area contributed by atoms with Crippen LogP contribution < -0.4 is 10.1 Å². The van der Waals surface area contributed by atoms with E-state index >= 15 is 0 Å². The monoisotopic (exact) mass is 388 g/mol. The number of anilines is 1. The Kier molecular flexibility index (Phi) is 6.20. The number of nitrogens with zero attached hydrogens (tertiary/aromatic N) is 1. The number of carbonyl (C=O) groups excluding carboxylic acids is 1. The van der Waals surface area contributed by atoms with Gasteiger partial charge in [-0.05, 0) is 36.4 Å². The Labute approximate surface area is 160 Å². The molecule has 0 aliphatic heterocycles. The fourth-order valence-corrected chi connectivity index (χ4v) is 3.12. The molecule has 0 unspecified atom stereocenters. The first-order chi connectivity index (χ1) is 12.7. The van der Waals surface area contributed by atoms with Gasteiger partial charge < -0.3 is 14.5 Å². The van der Waals surface area contributed by atoms with Crippen molar-refractivity contribution in [1.29, 1.82) is 0 Å². The minimum absolute atomic E-state index is 0.109. The van der Waals surface area contributed by atoms with Crippen molar-refractivity contribution < 1.29 is 13.9 Å². The van der Waals surface area contributed by atoms with Gasteiger partial charge in [0.1, 0.15) is 12.0 Å². The van der Waals surface area contributed by atoms with Crippen LogP contribution in [0.25, 0.3) is 11.5 Å². The lowest BCUT2D eigenvalue weighted by Crippen LogP contribution is -2.14. The number of nitrogens with one attached hydrogen (secondary N) is 1. The van der Waals surface area contributed by atoms with Crippen molar-refractivity contribution in [3.63, 3.8) is 0 Å². The summed E-state index contributed by atoms with van der Waals surface area (Å²) in [5, 5.41) is 3.31. The summed E-state index contributed by atoms with van der Waals surface area (Å²) in [5.74, 6) is 2.09. The predicted octanol–water partition coefficient (Wildman–Crippen LogP) is 4.88. The van der Waals surface area contributed by atoms with E-state index in [4.69, 9.17) is 20.8 Å². The van der Waals surface area contributed by atoms with Crippen LogP contribution in [0.15, 0.2) is 59.2 Å². The van der Waals surface area contributed by atoms with E-state index < -0.39 is 0 Å². The van der Waals surface area contributed by atoms with E-state index in [-0.39, 0.29) is 5.91 Å². The number of ether oxygens (including phenoxy) is 1. The van der Waals surface area contributed by atoms with Crippen LogP contribution in [0.1, 0.15) is 5.69 Å². The number of para-hydroxylation sites is 1. The molecule has 0 bridgehead atoms. The van der Waals surface area contributed by atoms with E-state index in [1.54, 1.807) is 25.5 Å². The highest BCUT2D eigenvalue weighted by atomic mass is 35.5. The van der Waals surface area contributed by atoms with Crippen molar-refractivity contribution in [1.82, 2.24) is 4.98 Å². The number of carbonyl (C=O) groups is 1. The molecule has 2 aromatic carbocycles. The van der Waals surface area contributed by atoms with Crippen molar-refractivity contribution >= 4 is 35.0 Å². The Morgan fingerprint density at radius 2 is 2.00 bits per heavy atom. The number of amides is 1. The lowest BCUT2D eigenvalue weighted by atomic mass is 10.2. The summed E-state index contributed by atoms with van der Waals surface area (Å²) in [6.07, 6.45) is 1.61. The van der Waals surface area contributed by atoms with Gasteiger partial charge in [-0.1, -0.05) is 23.7 Å². The second-order valence-corrected chi connectivity index (χ2v) is 6.79. The van der Waals surface area contributed by atoms with Gasteiger partial charge in [-0.2, -0.15) is 0 Å². The zero-order valence-corrected chi connectivity index (χ0v) is 15.6. The minimum Gasteiger partial charge on any atom is -0.497 e. The van der Waals surface area contributed by atoms with Crippen LogP contribution in [-0.2, 0) is 10.5 Å². The molecule has 3 rings (SSSR count). The van der Waals surface area contributed by atoms with Gasteiger partial charge in [0.15, 0.2) is 0 Å². The van der Waals surface area contributed by atoms with Gasteiger partial charge in [0, 0.05) is 11.3 Å². The topological polar surface area (TPSA) is 64.4 Å². The molecule has 1 aromatic heterocycles. The third-order valence-electron chi connectivity index (χ3n) is 3.52. The molecule has 7 heteroatoms. The van der Waals surface area contributed by atoms with Crippen LogP contribution >= 0.6 is 23.4 Å². The van der Waals surface area contributed by atoms with Crippen LogP contribution in [-0.4, -0.2) is 23.8 Å². The van der Waals surface area contributed by atoms with Gasteiger partial charge in [-0.25, -0.2) is 4.98 Å². The second-order valence-electron chi connectivity index (χ2n) is 5.39. The number of hydrogen-bond donors (Lipinski definition) is 1. The molecule has 0 spiro atoms. The molecule has 0 atom stereocenters. The summed E-state index contributed by atoms with van der Waals surface area (Å²) in [4.78, 5) is 16.4. The maximum absolute atomic E-state index is 12.0. The summed E-state index contributed by atoms with van der Waals surface area (Å²) >= 11 is 7.48. The summed E-state index contributed by atoms with van der Waals surface area (Å²) < 4.78 is 10.6. The highest BCUT2D eigenvalue weighted by Crippen LogP contribution is 2.24. The quantitative estimate of drug-likeness (QED) is 0.625. The van der Waals surface area contributed by atoms with Crippen molar-refractivity contribution in [2.75, 3.05) is 18.2 Å². The highest BCUT2D eigenvalue weighted by molar-refractivity contribution is 7.99. The molecule has 0 aliphatic carbocycles. The number of oxazole rings is 1. The Bertz CT molecular complexity index is 881. The van der Waals surface area contributed by atoms with Crippen molar-refractivity contribution in [2.24, 2.45) is 0 Å². The number of halogens is 1. The summed E-state index contributed by atoms with van der Waals surface area (Å²) in [7, 11) is 1.62. The van der Waals surface area contributed by atoms with Crippen LogP contribution in [0.2, 0.25) is 5.02 Å². The Balaban J connectivity index is 1.50. The van der Waals surface area contributed by atoms with Crippen molar-refractivity contribution in [3.8, 4) is 17.2 Å². The van der Waals surface area contributed by atoms with Crippen LogP contribution in [0.5, 0.6) is 5.75 Å². The summed E-state index contributed by atoms with van der Waals surface area (Å²) in [6, 6.07) is 14.6. The Hall–Kier alpha value is -2.44. The van der Waals surface area contributed by atoms with Crippen molar-refractivity contribution in [3.05, 3.63) is 65.5 Å². The van der Waals surface area contributed by atoms with Crippen molar-refractivity contribution in [2.45, 2.75) is 5.75 Å². The molecule has 0 saturated heterocycles. The maximum atomic E-state index is 12.0. The SMILES string of the molecule is COc1ccc(-c2nc(CSCC(=O)Nc3ccccc3Cl)co2)cc1. The molecule has 1 heterocycles. The predicted molar refractivity (Wildman–Crippen MR) is 105 cm³/mol. The zero-order chi connectivity index (χ0) is 18.4. The molecule has 134 valence electrons. The Morgan fingerprint density at radius 3 is 2.73 bits per heavy atom. The van der Waals surface area contributed by atoms with E-state index in [0.29, 0.717) is 28.1 Å². The molecule has 5 nitrogen and oxygen atoms in total. The molecule has 0 saturated carbocycles. The van der Waals surface area contributed by atoms with Crippen LogP contribution in [0, 0.1) is 0 Å². The number of hydrogen-bond acceptors (Lipinski definition) is 5. The van der Waals surface area contributed by atoms with Gasteiger partial charge in [0.2, 0.25) is 11.8 Å². The second kappa shape index (κ2) is 8.78. The normalized spacial score (nSPS) is 10.5. The Morgan fingerprint density at radius 1 is 1.23 bits per heavy atom. The fraction of sp³-hybridized carbons (Fsp3) is 0.158. The molecular formula is C19H17ClN2O3S. The van der Waals surface area contributed by atoms with Gasteiger partial charge in [0.25, 0.3) is 0 Å². The van der Waals surface area contributed by atoms with Crippen LogP contribution in [0.4, 0.5) is 5.69 Å². The zero-order valence-electron chi connectivity index (χ0n) is 14.1. The standard InChI is InChI=1S/C19H17ClN2O3S/c1-24-15-8-6-13(7-9-15)19-21-14(10-25-19)11-26-12-18(23)22-17-5-3-2-4-16(17)20/h2-10H,11-12H2,1H3,(H,22,23). The largest absolute Gasteiger partial charge is 0.497 e. The summed E-state index contributed by atoms with van der Waals surface area (Å²) in [5.41, 5.74) is 2.27. The number of benzene rings is 2. The average molecular weight is 389 g/mol. The van der Waals surface area contributed by atoms with E-state index in [0.717, 1.165) is 17.0 Å². The molecule has 1 amide bonds. The van der Waals surface area contributed by atoms with Crippen LogP contribution in [0.3, 0.4) is 0 Å². The third-order valence-corrected chi connectivity index (χ3v) is 4.82.